The number of aryl methyl sites for hydroxylation is 3. The number of benzene rings is 2. The first-order chi connectivity index (χ1) is 14.1. The Morgan fingerprint density at radius 2 is 1.77 bits per heavy atom. The van der Waals surface area contributed by atoms with Crippen LogP contribution in [0.2, 0.25) is 0 Å². The molecule has 0 amide bonds. The standard InChI is InChI=1S/C21H24N2O6S/c1-14-11-15(2)20(16(3)12-14)30(27,28)22-10-4-5-19(22)21(24)29-13-17-6-8-18(9-7-17)23(25)26/h6-9,11-12,19H,4-5,10,13H2,1-3H3. The molecule has 2 aromatic rings. The minimum Gasteiger partial charge on any atom is -0.460 e. The summed E-state index contributed by atoms with van der Waals surface area (Å²) in [6.45, 7) is 5.59. The first-order valence-electron chi connectivity index (χ1n) is 9.61. The Bertz CT molecular complexity index is 1060. The third-order valence-corrected chi connectivity index (χ3v) is 7.39. The number of hydrogen-bond donors (Lipinski definition) is 0. The van der Waals surface area contributed by atoms with Crippen LogP contribution in [0.5, 0.6) is 0 Å². The minimum atomic E-state index is -3.85. The quantitative estimate of drug-likeness (QED) is 0.393. The number of carbonyl (C=O) groups excluding carboxylic acids is 1. The van der Waals surface area contributed by atoms with Gasteiger partial charge < -0.3 is 4.74 Å². The average Bonchev–Trinajstić information content (AvgIpc) is 3.16. The normalized spacial score (nSPS) is 17.1. The molecule has 9 heteroatoms. The number of esters is 1. The van der Waals surface area contributed by atoms with Crippen molar-refractivity contribution in [3.63, 3.8) is 0 Å². The summed E-state index contributed by atoms with van der Waals surface area (Å²) < 4.78 is 33.2. The Balaban J connectivity index is 1.76. The molecule has 1 atom stereocenters. The molecule has 1 aliphatic heterocycles. The van der Waals surface area contributed by atoms with Crippen molar-refractivity contribution < 1.29 is 22.9 Å². The zero-order chi connectivity index (χ0) is 22.1. The third kappa shape index (κ3) is 4.36. The van der Waals surface area contributed by atoms with Crippen LogP contribution < -0.4 is 0 Å². The van der Waals surface area contributed by atoms with Crippen LogP contribution in [0.25, 0.3) is 0 Å². The van der Waals surface area contributed by atoms with Crippen molar-refractivity contribution in [1.82, 2.24) is 4.31 Å². The Morgan fingerprint density at radius 3 is 2.33 bits per heavy atom. The van der Waals surface area contributed by atoms with E-state index >= 15 is 0 Å². The summed E-state index contributed by atoms with van der Waals surface area (Å²) in [6, 6.07) is 8.43. The van der Waals surface area contributed by atoms with Gasteiger partial charge in [0.05, 0.1) is 9.82 Å². The second-order valence-corrected chi connectivity index (χ2v) is 9.36. The Kier molecular flexibility index (Phi) is 6.23. The highest BCUT2D eigenvalue weighted by Crippen LogP contribution is 2.31. The molecule has 0 saturated carbocycles. The van der Waals surface area contributed by atoms with Crippen LogP contribution in [0.15, 0.2) is 41.3 Å². The summed E-state index contributed by atoms with van der Waals surface area (Å²) in [4.78, 5) is 23.1. The van der Waals surface area contributed by atoms with Gasteiger partial charge in [0.1, 0.15) is 12.6 Å². The van der Waals surface area contributed by atoms with Gasteiger partial charge in [0.25, 0.3) is 5.69 Å². The van der Waals surface area contributed by atoms with Crippen molar-refractivity contribution in [2.45, 2.75) is 51.2 Å². The molecule has 0 aliphatic carbocycles. The van der Waals surface area contributed by atoms with Crippen molar-refractivity contribution in [3.05, 3.63) is 68.8 Å². The van der Waals surface area contributed by atoms with Crippen LogP contribution in [0.3, 0.4) is 0 Å². The Labute approximate surface area is 175 Å². The van der Waals surface area contributed by atoms with Gasteiger partial charge in [-0.05, 0) is 62.4 Å². The zero-order valence-electron chi connectivity index (χ0n) is 17.1. The molecule has 8 nitrogen and oxygen atoms in total. The first kappa shape index (κ1) is 21.9. The van der Waals surface area contributed by atoms with Gasteiger partial charge in [-0.3, -0.25) is 14.9 Å². The van der Waals surface area contributed by atoms with Crippen LogP contribution in [0.4, 0.5) is 5.69 Å². The summed E-state index contributed by atoms with van der Waals surface area (Å²) in [5.41, 5.74) is 2.81. The van der Waals surface area contributed by atoms with Gasteiger partial charge in [0.2, 0.25) is 10.0 Å². The molecule has 1 aliphatic rings. The summed E-state index contributed by atoms with van der Waals surface area (Å²) in [6.07, 6.45) is 0.961. The van der Waals surface area contributed by atoms with E-state index in [4.69, 9.17) is 4.74 Å². The molecule has 2 aromatic carbocycles. The second-order valence-electron chi connectivity index (χ2n) is 7.53. The smallest absolute Gasteiger partial charge is 0.324 e. The highest BCUT2D eigenvalue weighted by atomic mass is 32.2. The molecule has 160 valence electrons. The second kappa shape index (κ2) is 8.53. The van der Waals surface area contributed by atoms with Crippen LogP contribution in [0, 0.1) is 30.9 Å². The number of nitro benzene ring substituents is 1. The number of non-ortho nitro benzene ring substituents is 1. The fourth-order valence-corrected chi connectivity index (χ4v) is 5.98. The van der Waals surface area contributed by atoms with E-state index in [1.165, 1.54) is 28.6 Å². The fourth-order valence-electron chi connectivity index (χ4n) is 3.92. The van der Waals surface area contributed by atoms with Crippen molar-refractivity contribution in [2.75, 3.05) is 6.54 Å². The van der Waals surface area contributed by atoms with E-state index in [1.807, 2.05) is 19.1 Å². The van der Waals surface area contributed by atoms with E-state index in [0.717, 1.165) is 5.56 Å². The lowest BCUT2D eigenvalue weighted by Gasteiger charge is -2.24. The summed E-state index contributed by atoms with van der Waals surface area (Å²) >= 11 is 0. The number of sulfonamides is 1. The molecule has 0 radical (unpaired) electrons. The molecule has 0 spiro atoms. The van der Waals surface area contributed by atoms with E-state index in [0.29, 0.717) is 29.5 Å². The average molecular weight is 432 g/mol. The van der Waals surface area contributed by atoms with E-state index in [9.17, 15) is 23.3 Å². The van der Waals surface area contributed by atoms with Crippen molar-refractivity contribution in [2.24, 2.45) is 0 Å². The van der Waals surface area contributed by atoms with E-state index in [-0.39, 0.29) is 23.7 Å². The van der Waals surface area contributed by atoms with Crippen LogP contribution in [0.1, 0.15) is 35.1 Å². The summed E-state index contributed by atoms with van der Waals surface area (Å²) in [5, 5.41) is 10.7. The Hall–Kier alpha value is -2.78. The van der Waals surface area contributed by atoms with Crippen LogP contribution in [-0.2, 0) is 26.2 Å². The summed E-state index contributed by atoms with van der Waals surface area (Å²) in [5.74, 6) is -0.614. The lowest BCUT2D eigenvalue weighted by atomic mass is 10.1. The molecular formula is C21H24N2O6S. The van der Waals surface area contributed by atoms with Gasteiger partial charge >= 0.3 is 5.97 Å². The number of hydrogen-bond acceptors (Lipinski definition) is 6. The number of ether oxygens (including phenoxy) is 1. The topological polar surface area (TPSA) is 107 Å². The van der Waals surface area contributed by atoms with Gasteiger partial charge in [0.15, 0.2) is 0 Å². The molecule has 3 rings (SSSR count). The predicted molar refractivity (Wildman–Crippen MR) is 110 cm³/mol. The highest BCUT2D eigenvalue weighted by molar-refractivity contribution is 7.89. The van der Waals surface area contributed by atoms with Crippen molar-refractivity contribution in [3.8, 4) is 0 Å². The molecule has 1 fully saturated rings. The molecule has 0 aromatic heterocycles. The summed E-state index contributed by atoms with van der Waals surface area (Å²) in [7, 11) is -3.85. The van der Waals surface area contributed by atoms with Gasteiger partial charge in [-0.2, -0.15) is 4.31 Å². The largest absolute Gasteiger partial charge is 0.460 e. The van der Waals surface area contributed by atoms with Gasteiger partial charge in [-0.25, -0.2) is 8.42 Å². The van der Waals surface area contributed by atoms with E-state index < -0.39 is 27.0 Å². The van der Waals surface area contributed by atoms with E-state index in [1.54, 1.807) is 13.8 Å². The monoisotopic (exact) mass is 432 g/mol. The minimum absolute atomic E-state index is 0.0537. The molecule has 0 bridgehead atoms. The van der Waals surface area contributed by atoms with Gasteiger partial charge in [-0.1, -0.05) is 17.7 Å². The van der Waals surface area contributed by atoms with Crippen molar-refractivity contribution in [1.29, 1.82) is 0 Å². The maximum atomic E-state index is 13.3. The van der Waals surface area contributed by atoms with Crippen molar-refractivity contribution >= 4 is 21.7 Å². The molecular weight excluding hydrogens is 408 g/mol. The predicted octanol–water partition coefficient (Wildman–Crippen LogP) is 3.42. The third-order valence-electron chi connectivity index (χ3n) is 5.18. The molecule has 1 saturated heterocycles. The maximum absolute atomic E-state index is 13.3. The maximum Gasteiger partial charge on any atom is 0.324 e. The molecule has 0 N–H and O–H groups in total. The van der Waals surface area contributed by atoms with Crippen LogP contribution in [-0.4, -0.2) is 36.2 Å². The van der Waals surface area contributed by atoms with Gasteiger partial charge in [0, 0.05) is 18.7 Å². The van der Waals surface area contributed by atoms with Crippen LogP contribution >= 0.6 is 0 Å². The number of nitro groups is 1. The number of carbonyl (C=O) groups is 1. The lowest BCUT2D eigenvalue weighted by molar-refractivity contribution is -0.384. The SMILES string of the molecule is Cc1cc(C)c(S(=O)(=O)N2CCCC2C(=O)OCc2ccc([N+](=O)[O-])cc2)c(C)c1. The highest BCUT2D eigenvalue weighted by Gasteiger charge is 2.41. The Morgan fingerprint density at radius 1 is 1.17 bits per heavy atom. The number of nitrogens with zero attached hydrogens (tertiary/aromatic N) is 2. The molecule has 1 heterocycles. The molecule has 30 heavy (non-hydrogen) atoms. The van der Waals surface area contributed by atoms with E-state index in [2.05, 4.69) is 0 Å². The number of rotatable bonds is 6. The molecule has 1 unspecified atom stereocenters. The van der Waals surface area contributed by atoms with Gasteiger partial charge in [-0.15, -0.1) is 0 Å². The first-order valence-corrected chi connectivity index (χ1v) is 11.0. The fraction of sp³-hybridized carbons (Fsp3) is 0.381. The zero-order valence-corrected chi connectivity index (χ0v) is 17.9. The lowest BCUT2D eigenvalue weighted by Crippen LogP contribution is -2.41.